The average Bonchev–Trinajstić information content (AvgIpc) is 2.01. The van der Waals surface area contributed by atoms with E-state index >= 15 is 0 Å². The van der Waals surface area contributed by atoms with Crippen LogP contribution in [0.15, 0.2) is 17.1 Å². The second kappa shape index (κ2) is 2.94. The lowest BCUT2D eigenvalue weighted by molar-refractivity contribution is -0.138. The van der Waals surface area contributed by atoms with E-state index in [0.29, 0.717) is 0 Å². The van der Waals surface area contributed by atoms with Gasteiger partial charge in [-0.2, -0.15) is 18.4 Å². The first-order valence-electron chi connectivity index (χ1n) is 3.16. The summed E-state index contributed by atoms with van der Waals surface area (Å²) in [7, 11) is 0. The summed E-state index contributed by atoms with van der Waals surface area (Å²) in [5.41, 5.74) is -3.42. The van der Waals surface area contributed by atoms with Crippen LogP contribution >= 0.6 is 0 Å². The maximum Gasteiger partial charge on any atom is 0.422 e. The first-order valence-corrected chi connectivity index (χ1v) is 3.16. The van der Waals surface area contributed by atoms with Crippen molar-refractivity contribution >= 4 is 0 Å². The zero-order chi connectivity index (χ0) is 10.1. The Morgan fingerprint density at radius 1 is 1.46 bits per heavy atom. The van der Waals surface area contributed by atoms with E-state index in [2.05, 4.69) is 4.98 Å². The Hall–Kier alpha value is -1.77. The number of halogens is 3. The van der Waals surface area contributed by atoms with Crippen molar-refractivity contribution in [1.29, 1.82) is 5.26 Å². The fraction of sp³-hybridized carbons (Fsp3) is 0.143. The molecule has 0 aliphatic carbocycles. The van der Waals surface area contributed by atoms with Gasteiger partial charge in [0.2, 0.25) is 0 Å². The molecule has 6 heteroatoms. The van der Waals surface area contributed by atoms with Crippen molar-refractivity contribution in [1.82, 2.24) is 4.98 Å². The molecule has 0 bridgehead atoms. The van der Waals surface area contributed by atoms with Gasteiger partial charge < -0.3 is 4.98 Å². The molecule has 3 nitrogen and oxygen atoms in total. The molecule has 1 aromatic heterocycles. The van der Waals surface area contributed by atoms with E-state index in [0.717, 1.165) is 12.3 Å². The molecule has 1 aromatic rings. The molecule has 0 aliphatic rings. The predicted molar refractivity (Wildman–Crippen MR) is 36.8 cm³/mol. The minimum absolute atomic E-state index is 0.726. The highest BCUT2D eigenvalue weighted by atomic mass is 19.4. The maximum atomic E-state index is 12.1. The van der Waals surface area contributed by atoms with Gasteiger partial charge in [-0.25, -0.2) is 0 Å². The van der Waals surface area contributed by atoms with Crippen LogP contribution in [-0.2, 0) is 6.18 Å². The SMILES string of the molecule is N#Cc1[nH]ccc(=O)c1C(F)(F)F. The number of alkyl halides is 3. The molecule has 0 amide bonds. The van der Waals surface area contributed by atoms with Crippen molar-refractivity contribution in [2.24, 2.45) is 0 Å². The Morgan fingerprint density at radius 2 is 2.08 bits per heavy atom. The van der Waals surface area contributed by atoms with E-state index in [1.807, 2.05) is 0 Å². The van der Waals surface area contributed by atoms with Gasteiger partial charge in [0.1, 0.15) is 17.3 Å². The number of aromatic nitrogens is 1. The van der Waals surface area contributed by atoms with Crippen LogP contribution in [0.25, 0.3) is 0 Å². The fourth-order valence-corrected chi connectivity index (χ4v) is 0.849. The summed E-state index contributed by atoms with van der Waals surface area (Å²) >= 11 is 0. The first kappa shape index (κ1) is 9.32. The third-order valence-electron chi connectivity index (χ3n) is 1.35. The molecule has 0 atom stereocenters. The van der Waals surface area contributed by atoms with E-state index in [1.165, 1.54) is 6.07 Å². The van der Waals surface area contributed by atoms with Crippen molar-refractivity contribution < 1.29 is 13.2 Å². The second-order valence-electron chi connectivity index (χ2n) is 2.20. The van der Waals surface area contributed by atoms with Crippen molar-refractivity contribution in [3.05, 3.63) is 33.7 Å². The van der Waals surface area contributed by atoms with Gasteiger partial charge in [-0.15, -0.1) is 0 Å². The standard InChI is InChI=1S/C7H3F3N2O/c8-7(9,10)6-4(3-11)12-2-1-5(6)13/h1-2H,(H,12,13). The van der Waals surface area contributed by atoms with E-state index in [4.69, 9.17) is 5.26 Å². The molecule has 0 aromatic carbocycles. The van der Waals surface area contributed by atoms with Crippen LogP contribution in [0, 0.1) is 11.3 Å². The van der Waals surface area contributed by atoms with Gasteiger partial charge in [-0.05, 0) is 0 Å². The normalized spacial score (nSPS) is 10.9. The van der Waals surface area contributed by atoms with Crippen molar-refractivity contribution in [2.75, 3.05) is 0 Å². The smallest absolute Gasteiger partial charge is 0.352 e. The lowest BCUT2D eigenvalue weighted by Crippen LogP contribution is -2.21. The van der Waals surface area contributed by atoms with Crippen molar-refractivity contribution in [2.45, 2.75) is 6.18 Å². The maximum absolute atomic E-state index is 12.1. The second-order valence-corrected chi connectivity index (χ2v) is 2.20. The summed E-state index contributed by atoms with van der Waals surface area (Å²) in [4.78, 5) is 12.8. The van der Waals surface area contributed by atoms with Gasteiger partial charge in [-0.3, -0.25) is 4.79 Å². The number of hydrogen-bond donors (Lipinski definition) is 1. The van der Waals surface area contributed by atoms with E-state index in [1.54, 1.807) is 0 Å². The first-order chi connectivity index (χ1) is 5.96. The van der Waals surface area contributed by atoms with Crippen LogP contribution in [0.4, 0.5) is 13.2 Å². The molecule has 0 saturated carbocycles. The quantitative estimate of drug-likeness (QED) is 0.666. The third kappa shape index (κ3) is 1.69. The molecule has 0 unspecified atom stereocenters. The van der Waals surface area contributed by atoms with E-state index in [9.17, 15) is 18.0 Å². The topological polar surface area (TPSA) is 56.6 Å². The molecule has 1 rings (SSSR count). The van der Waals surface area contributed by atoms with Crippen LogP contribution in [0.5, 0.6) is 0 Å². The number of aromatic amines is 1. The zero-order valence-electron chi connectivity index (χ0n) is 6.14. The van der Waals surface area contributed by atoms with Crippen LogP contribution in [0.2, 0.25) is 0 Å². The number of H-pyrrole nitrogens is 1. The summed E-state index contributed by atoms with van der Waals surface area (Å²) in [5, 5.41) is 8.29. The highest BCUT2D eigenvalue weighted by Gasteiger charge is 2.36. The summed E-state index contributed by atoms with van der Waals surface area (Å²) in [6, 6.07) is 1.99. The molecule has 1 N–H and O–H groups in total. The minimum Gasteiger partial charge on any atom is -0.352 e. The van der Waals surface area contributed by atoms with Crippen LogP contribution in [-0.4, -0.2) is 4.98 Å². The Labute approximate surface area is 70.4 Å². The molecular weight excluding hydrogens is 185 g/mol. The summed E-state index contributed by atoms with van der Waals surface area (Å²) < 4.78 is 36.4. The van der Waals surface area contributed by atoms with Crippen LogP contribution < -0.4 is 5.43 Å². The van der Waals surface area contributed by atoms with Crippen molar-refractivity contribution in [3.8, 4) is 6.07 Å². The number of rotatable bonds is 0. The van der Waals surface area contributed by atoms with Crippen molar-refractivity contribution in [3.63, 3.8) is 0 Å². The number of nitrogens with one attached hydrogen (secondary N) is 1. The molecular formula is C7H3F3N2O. The number of pyridine rings is 1. The highest BCUT2D eigenvalue weighted by molar-refractivity contribution is 5.32. The Morgan fingerprint density at radius 3 is 2.46 bits per heavy atom. The van der Waals surface area contributed by atoms with Gasteiger partial charge in [0, 0.05) is 12.3 Å². The lowest BCUT2D eigenvalue weighted by atomic mass is 10.2. The van der Waals surface area contributed by atoms with Gasteiger partial charge >= 0.3 is 6.18 Å². The summed E-state index contributed by atoms with van der Waals surface area (Å²) in [6.45, 7) is 0. The van der Waals surface area contributed by atoms with Gasteiger partial charge in [0.05, 0.1) is 0 Å². The monoisotopic (exact) mass is 188 g/mol. The molecule has 0 fully saturated rings. The Kier molecular flexibility index (Phi) is 2.10. The zero-order valence-corrected chi connectivity index (χ0v) is 6.14. The van der Waals surface area contributed by atoms with E-state index < -0.39 is 22.9 Å². The molecule has 13 heavy (non-hydrogen) atoms. The summed E-state index contributed by atoms with van der Waals surface area (Å²) in [5.74, 6) is 0. The Bertz CT molecular complexity index is 413. The summed E-state index contributed by atoms with van der Waals surface area (Å²) in [6.07, 6.45) is -3.80. The predicted octanol–water partition coefficient (Wildman–Crippen LogP) is 1.27. The Balaban J connectivity index is 3.53. The third-order valence-corrected chi connectivity index (χ3v) is 1.35. The molecule has 0 saturated heterocycles. The van der Waals surface area contributed by atoms with Crippen LogP contribution in [0.1, 0.15) is 11.3 Å². The number of hydrogen-bond acceptors (Lipinski definition) is 2. The molecule has 0 radical (unpaired) electrons. The minimum atomic E-state index is -4.79. The van der Waals surface area contributed by atoms with Gasteiger partial charge in [0.25, 0.3) is 0 Å². The lowest BCUT2D eigenvalue weighted by Gasteiger charge is -2.05. The van der Waals surface area contributed by atoms with E-state index in [-0.39, 0.29) is 0 Å². The van der Waals surface area contributed by atoms with Gasteiger partial charge in [0.15, 0.2) is 5.43 Å². The van der Waals surface area contributed by atoms with Crippen LogP contribution in [0.3, 0.4) is 0 Å². The largest absolute Gasteiger partial charge is 0.422 e. The molecule has 0 spiro atoms. The number of nitrogens with zero attached hydrogens (tertiary/aromatic N) is 1. The van der Waals surface area contributed by atoms with Gasteiger partial charge in [-0.1, -0.05) is 0 Å². The fourth-order valence-electron chi connectivity index (χ4n) is 0.849. The average molecular weight is 188 g/mol. The molecule has 0 aliphatic heterocycles. The number of nitriles is 1. The highest BCUT2D eigenvalue weighted by Crippen LogP contribution is 2.27. The molecule has 1 heterocycles. The molecule has 68 valence electrons.